The molecule has 0 unspecified atom stereocenters. The van der Waals surface area contributed by atoms with Gasteiger partial charge in [-0.05, 0) is 38.1 Å². The van der Waals surface area contributed by atoms with E-state index in [0.717, 1.165) is 11.3 Å². The zero-order valence-corrected chi connectivity index (χ0v) is 14.4. The monoisotopic (exact) mass is 347 g/mol. The Hall–Kier alpha value is -2.96. The number of carboxylic acid groups (broad SMARTS) is 1. The third-order valence-corrected chi connectivity index (χ3v) is 3.56. The molecule has 2 rings (SSSR count). The minimum absolute atomic E-state index is 0.189. The standard InChI is InChI=1S/C18H21NO6/c1-4-23-16-9-13(5-6-15(16)25-11-17(20)21)18(22)19(3)10-14-7-8-24-12(14)2/h5-9H,4,10-11H2,1-3H3,(H,20,21). The van der Waals surface area contributed by atoms with Gasteiger partial charge in [0.25, 0.3) is 5.91 Å². The number of carbonyl (C=O) groups excluding carboxylic acids is 1. The van der Waals surface area contributed by atoms with E-state index in [4.69, 9.17) is 19.0 Å². The Balaban J connectivity index is 2.16. The van der Waals surface area contributed by atoms with Crippen LogP contribution in [0.1, 0.15) is 28.6 Å². The molecule has 1 amide bonds. The minimum Gasteiger partial charge on any atom is -0.490 e. The van der Waals surface area contributed by atoms with Crippen molar-refractivity contribution < 1.29 is 28.6 Å². The summed E-state index contributed by atoms with van der Waals surface area (Å²) in [6, 6.07) is 6.51. The summed E-state index contributed by atoms with van der Waals surface area (Å²) in [6.45, 7) is 3.94. The fourth-order valence-corrected chi connectivity index (χ4v) is 2.29. The zero-order valence-electron chi connectivity index (χ0n) is 14.4. The second kappa shape index (κ2) is 8.23. The molecule has 7 heteroatoms. The Kier molecular flexibility index (Phi) is 6.05. The van der Waals surface area contributed by atoms with Crippen molar-refractivity contribution in [3.8, 4) is 11.5 Å². The molecule has 0 saturated heterocycles. The number of furan rings is 1. The lowest BCUT2D eigenvalue weighted by Gasteiger charge is -2.18. The first-order valence-corrected chi connectivity index (χ1v) is 7.82. The first-order valence-electron chi connectivity index (χ1n) is 7.82. The largest absolute Gasteiger partial charge is 0.490 e. The van der Waals surface area contributed by atoms with Crippen molar-refractivity contribution in [2.75, 3.05) is 20.3 Å². The van der Waals surface area contributed by atoms with E-state index in [-0.39, 0.29) is 11.7 Å². The van der Waals surface area contributed by atoms with Crippen molar-refractivity contribution in [3.05, 3.63) is 47.4 Å². The number of nitrogens with zero attached hydrogens (tertiary/aromatic N) is 1. The fraction of sp³-hybridized carbons (Fsp3) is 0.333. The number of rotatable bonds is 8. The lowest BCUT2D eigenvalue weighted by molar-refractivity contribution is -0.139. The van der Waals surface area contributed by atoms with Gasteiger partial charge in [0.05, 0.1) is 12.9 Å². The highest BCUT2D eigenvalue weighted by atomic mass is 16.5. The van der Waals surface area contributed by atoms with E-state index in [1.165, 1.54) is 6.07 Å². The molecule has 134 valence electrons. The fourth-order valence-electron chi connectivity index (χ4n) is 2.29. The van der Waals surface area contributed by atoms with E-state index in [0.29, 0.717) is 24.5 Å². The van der Waals surface area contributed by atoms with Gasteiger partial charge in [-0.15, -0.1) is 0 Å². The van der Waals surface area contributed by atoms with Gasteiger partial charge >= 0.3 is 5.97 Å². The predicted molar refractivity (Wildman–Crippen MR) is 90.0 cm³/mol. The zero-order chi connectivity index (χ0) is 18.4. The van der Waals surface area contributed by atoms with Crippen molar-refractivity contribution in [2.24, 2.45) is 0 Å². The number of benzene rings is 1. The lowest BCUT2D eigenvalue weighted by atomic mass is 10.1. The Bertz CT molecular complexity index is 752. The molecular weight excluding hydrogens is 326 g/mol. The van der Waals surface area contributed by atoms with E-state index < -0.39 is 12.6 Å². The first kappa shape index (κ1) is 18.4. The highest BCUT2D eigenvalue weighted by Gasteiger charge is 2.17. The summed E-state index contributed by atoms with van der Waals surface area (Å²) in [5.41, 5.74) is 1.36. The lowest BCUT2D eigenvalue weighted by Crippen LogP contribution is -2.26. The Morgan fingerprint density at radius 3 is 2.56 bits per heavy atom. The van der Waals surface area contributed by atoms with Crippen LogP contribution in [0.5, 0.6) is 11.5 Å². The molecule has 1 aromatic heterocycles. The topological polar surface area (TPSA) is 89.2 Å². The van der Waals surface area contributed by atoms with Gasteiger partial charge in [-0.3, -0.25) is 4.79 Å². The van der Waals surface area contributed by atoms with Gasteiger partial charge in [-0.25, -0.2) is 4.79 Å². The molecule has 1 aromatic carbocycles. The first-order chi connectivity index (χ1) is 11.9. The molecule has 0 spiro atoms. The van der Waals surface area contributed by atoms with Gasteiger partial charge in [-0.2, -0.15) is 0 Å². The molecule has 0 aliphatic carbocycles. The Labute approximate surface area is 145 Å². The molecule has 7 nitrogen and oxygen atoms in total. The van der Waals surface area contributed by atoms with E-state index in [2.05, 4.69) is 0 Å². The van der Waals surface area contributed by atoms with Crippen molar-refractivity contribution in [1.29, 1.82) is 0 Å². The average molecular weight is 347 g/mol. The maximum absolute atomic E-state index is 12.6. The normalized spacial score (nSPS) is 10.4. The molecule has 0 aliphatic heterocycles. The number of aryl methyl sites for hydroxylation is 1. The van der Waals surface area contributed by atoms with E-state index >= 15 is 0 Å². The van der Waals surface area contributed by atoms with Crippen LogP contribution in [0.3, 0.4) is 0 Å². The highest BCUT2D eigenvalue weighted by Crippen LogP contribution is 2.29. The van der Waals surface area contributed by atoms with Crippen LogP contribution in [-0.2, 0) is 11.3 Å². The highest BCUT2D eigenvalue weighted by molar-refractivity contribution is 5.94. The summed E-state index contributed by atoms with van der Waals surface area (Å²) in [5, 5.41) is 8.72. The molecule has 0 bridgehead atoms. The van der Waals surface area contributed by atoms with Gasteiger partial charge in [0.1, 0.15) is 5.76 Å². The number of carbonyl (C=O) groups is 2. The van der Waals surface area contributed by atoms with Crippen LogP contribution in [0.2, 0.25) is 0 Å². The SMILES string of the molecule is CCOc1cc(C(=O)N(C)Cc2ccoc2C)ccc1OCC(=O)O. The van der Waals surface area contributed by atoms with Gasteiger partial charge in [0.2, 0.25) is 0 Å². The van der Waals surface area contributed by atoms with Crippen molar-refractivity contribution in [1.82, 2.24) is 4.90 Å². The van der Waals surface area contributed by atoms with Crippen molar-refractivity contribution in [2.45, 2.75) is 20.4 Å². The summed E-state index contributed by atoms with van der Waals surface area (Å²) >= 11 is 0. The molecule has 25 heavy (non-hydrogen) atoms. The molecule has 2 aromatic rings. The molecule has 0 aliphatic rings. The Morgan fingerprint density at radius 1 is 1.20 bits per heavy atom. The van der Waals surface area contributed by atoms with Crippen LogP contribution in [0.15, 0.2) is 34.9 Å². The Morgan fingerprint density at radius 2 is 1.96 bits per heavy atom. The quantitative estimate of drug-likeness (QED) is 0.790. The molecule has 0 atom stereocenters. The number of hydrogen-bond acceptors (Lipinski definition) is 5. The predicted octanol–water partition coefficient (Wildman–Crippen LogP) is 2.72. The molecular formula is C18H21NO6. The summed E-state index contributed by atoms with van der Waals surface area (Å²) in [4.78, 5) is 24.8. The van der Waals surface area contributed by atoms with Crippen LogP contribution >= 0.6 is 0 Å². The van der Waals surface area contributed by atoms with Crippen LogP contribution in [-0.4, -0.2) is 42.1 Å². The van der Waals surface area contributed by atoms with E-state index in [9.17, 15) is 9.59 Å². The maximum Gasteiger partial charge on any atom is 0.341 e. The van der Waals surface area contributed by atoms with Crippen molar-refractivity contribution in [3.63, 3.8) is 0 Å². The molecule has 0 radical (unpaired) electrons. The van der Waals surface area contributed by atoms with Crippen LogP contribution in [0.4, 0.5) is 0 Å². The van der Waals surface area contributed by atoms with Gasteiger partial charge < -0.3 is 23.9 Å². The molecule has 0 saturated carbocycles. The summed E-state index contributed by atoms with van der Waals surface area (Å²) < 4.78 is 15.9. The second-order valence-electron chi connectivity index (χ2n) is 5.44. The average Bonchev–Trinajstić information content (AvgIpc) is 2.98. The summed E-state index contributed by atoms with van der Waals surface area (Å²) in [7, 11) is 1.70. The minimum atomic E-state index is -1.09. The van der Waals surface area contributed by atoms with Crippen LogP contribution in [0, 0.1) is 6.92 Å². The smallest absolute Gasteiger partial charge is 0.341 e. The number of carboxylic acids is 1. The molecule has 1 N–H and O–H groups in total. The number of hydrogen-bond donors (Lipinski definition) is 1. The maximum atomic E-state index is 12.6. The number of aliphatic carboxylic acids is 1. The van der Waals surface area contributed by atoms with Crippen LogP contribution in [0.25, 0.3) is 0 Å². The molecule has 0 fully saturated rings. The second-order valence-corrected chi connectivity index (χ2v) is 5.44. The van der Waals surface area contributed by atoms with Gasteiger partial charge in [-0.1, -0.05) is 0 Å². The number of amides is 1. The van der Waals surface area contributed by atoms with Crippen LogP contribution < -0.4 is 9.47 Å². The van der Waals surface area contributed by atoms with Gasteiger partial charge in [0, 0.05) is 24.7 Å². The third-order valence-electron chi connectivity index (χ3n) is 3.56. The van der Waals surface area contributed by atoms with E-state index in [1.54, 1.807) is 37.3 Å². The summed E-state index contributed by atoms with van der Waals surface area (Å²) in [6.07, 6.45) is 1.59. The van der Waals surface area contributed by atoms with E-state index in [1.807, 2.05) is 13.0 Å². The molecule has 1 heterocycles. The summed E-state index contributed by atoms with van der Waals surface area (Å²) in [5.74, 6) is 0.118. The number of ether oxygens (including phenoxy) is 2. The van der Waals surface area contributed by atoms with Gasteiger partial charge in [0.15, 0.2) is 18.1 Å². The third kappa shape index (κ3) is 4.76. The van der Waals surface area contributed by atoms with Crippen molar-refractivity contribution >= 4 is 11.9 Å².